The quantitative estimate of drug-likeness (QED) is 0.460. The van der Waals surface area contributed by atoms with Gasteiger partial charge >= 0.3 is 0 Å². The Morgan fingerprint density at radius 1 is 1.24 bits per heavy atom. The number of anilines is 1. The summed E-state index contributed by atoms with van der Waals surface area (Å²) >= 11 is 4.64. The van der Waals surface area contributed by atoms with Gasteiger partial charge in [-0.15, -0.1) is 0 Å². The predicted octanol–water partition coefficient (Wildman–Crippen LogP) is 2.38. The van der Waals surface area contributed by atoms with Gasteiger partial charge in [-0.05, 0) is 30.6 Å². The first-order valence-corrected chi connectivity index (χ1v) is 6.83. The normalized spacial score (nSPS) is 11.2. The summed E-state index contributed by atoms with van der Waals surface area (Å²) in [4.78, 5) is 12.0. The number of hydrogen-bond acceptors (Lipinski definition) is 3. The van der Waals surface area contributed by atoms with Gasteiger partial charge in [-0.2, -0.15) is 5.10 Å². The van der Waals surface area contributed by atoms with Gasteiger partial charge in [0.05, 0.1) is 6.42 Å². The number of nitrogens with one attached hydrogen (secondary N) is 2. The summed E-state index contributed by atoms with van der Waals surface area (Å²) in [5.74, 6) is -0.141. The second kappa shape index (κ2) is 6.81. The number of rotatable bonds is 4. The van der Waals surface area contributed by atoms with Crippen molar-refractivity contribution in [1.82, 2.24) is 5.43 Å². The molecule has 0 bridgehead atoms. The van der Waals surface area contributed by atoms with Crippen molar-refractivity contribution in [2.24, 2.45) is 10.8 Å². The molecule has 2 rings (SSSR count). The molecule has 21 heavy (non-hydrogen) atoms. The number of thiocarbonyl (C=S) groups is 1. The van der Waals surface area contributed by atoms with E-state index in [1.807, 2.05) is 42.5 Å². The lowest BCUT2D eigenvalue weighted by Gasteiger charge is -2.08. The molecule has 0 spiro atoms. The highest BCUT2D eigenvalue weighted by Crippen LogP contribution is 2.22. The van der Waals surface area contributed by atoms with Gasteiger partial charge in [0.15, 0.2) is 5.11 Å². The summed E-state index contributed by atoms with van der Waals surface area (Å²) in [7, 11) is 0. The monoisotopic (exact) mass is 300 g/mol. The first kappa shape index (κ1) is 14.9. The third kappa shape index (κ3) is 4.25. The van der Waals surface area contributed by atoms with E-state index >= 15 is 0 Å². The molecule has 5 nitrogen and oxygen atoms in total. The Kier molecular flexibility index (Phi) is 4.84. The lowest BCUT2D eigenvalue weighted by Crippen LogP contribution is -2.26. The fourth-order valence-corrected chi connectivity index (χ4v) is 2.00. The fraction of sp³-hybridized carbons (Fsp3) is 0.133. The van der Waals surface area contributed by atoms with E-state index in [2.05, 4.69) is 28.1 Å². The summed E-state index contributed by atoms with van der Waals surface area (Å²) in [6.07, 6.45) is 0.166. The number of hydrogen-bond donors (Lipinski definition) is 3. The molecule has 0 aromatic heterocycles. The number of carbonyl (C=O) groups is 1. The highest BCUT2D eigenvalue weighted by Gasteiger charge is 2.07. The van der Waals surface area contributed by atoms with Gasteiger partial charge in [0.1, 0.15) is 0 Å². The van der Waals surface area contributed by atoms with Crippen LogP contribution in [0, 0.1) is 0 Å². The van der Waals surface area contributed by atoms with Gasteiger partial charge < -0.3 is 11.1 Å². The van der Waals surface area contributed by atoms with Crippen molar-refractivity contribution in [3.63, 3.8) is 0 Å². The lowest BCUT2D eigenvalue weighted by molar-refractivity contribution is -0.115. The average molecular weight is 300 g/mol. The van der Waals surface area contributed by atoms with Crippen LogP contribution in [0.5, 0.6) is 0 Å². The highest BCUT2D eigenvalue weighted by atomic mass is 32.1. The Morgan fingerprint density at radius 3 is 2.71 bits per heavy atom. The van der Waals surface area contributed by atoms with Gasteiger partial charge in [-0.25, -0.2) is 0 Å². The Hall–Kier alpha value is -2.47. The van der Waals surface area contributed by atoms with Gasteiger partial charge in [0, 0.05) is 16.8 Å². The number of fused-ring (bicyclic) bond motifs is 1. The number of benzene rings is 2. The van der Waals surface area contributed by atoms with Crippen molar-refractivity contribution in [2.45, 2.75) is 13.3 Å². The second-order valence-corrected chi connectivity index (χ2v) is 5.01. The molecule has 0 aliphatic rings. The molecular weight excluding hydrogens is 284 g/mol. The smallest absolute Gasteiger partial charge is 0.230 e. The molecule has 0 atom stereocenters. The number of nitrogens with two attached hydrogens (primary N) is 1. The standard InChI is InChI=1S/C15H16N4OS/c1-10(18-19-15(16)21)9-14(20)17-13-8-4-6-11-5-2-3-7-12(11)13/h2-8H,9H2,1H3,(H,17,20)(H3,16,19,21)/b18-10-. The van der Waals surface area contributed by atoms with Gasteiger partial charge in [-0.3, -0.25) is 10.2 Å². The molecule has 0 unspecified atom stereocenters. The predicted molar refractivity (Wildman–Crippen MR) is 90.2 cm³/mol. The van der Waals surface area contributed by atoms with Gasteiger partial charge in [0.2, 0.25) is 5.91 Å². The Morgan fingerprint density at radius 2 is 1.95 bits per heavy atom. The average Bonchev–Trinajstić information content (AvgIpc) is 2.45. The van der Waals surface area contributed by atoms with Crippen LogP contribution in [-0.4, -0.2) is 16.7 Å². The largest absolute Gasteiger partial charge is 0.375 e. The number of amides is 1. The molecule has 2 aromatic rings. The van der Waals surface area contributed by atoms with Crippen molar-refractivity contribution in [2.75, 3.05) is 5.32 Å². The van der Waals surface area contributed by atoms with Crippen LogP contribution in [0.4, 0.5) is 5.69 Å². The maximum absolute atomic E-state index is 12.0. The summed E-state index contributed by atoms with van der Waals surface area (Å²) in [5, 5.41) is 8.96. The molecular formula is C15H16N4OS. The van der Waals surface area contributed by atoms with Crippen LogP contribution in [0.3, 0.4) is 0 Å². The van der Waals surface area contributed by atoms with Gasteiger partial charge in [0.25, 0.3) is 0 Å². The SMILES string of the molecule is C/C(CC(=O)Nc1cccc2ccccc12)=N/NC(N)=S. The molecule has 0 aliphatic carbocycles. The topological polar surface area (TPSA) is 79.5 Å². The zero-order valence-corrected chi connectivity index (χ0v) is 12.4. The van der Waals surface area contributed by atoms with Crippen molar-refractivity contribution in [3.05, 3.63) is 42.5 Å². The molecule has 0 saturated carbocycles. The molecule has 6 heteroatoms. The molecule has 0 fully saturated rings. The summed E-state index contributed by atoms with van der Waals surface area (Å²) in [6, 6.07) is 13.7. The molecule has 0 aliphatic heterocycles. The molecule has 0 radical (unpaired) electrons. The zero-order valence-electron chi connectivity index (χ0n) is 11.6. The van der Waals surface area contributed by atoms with Crippen molar-refractivity contribution in [1.29, 1.82) is 0 Å². The molecule has 108 valence electrons. The summed E-state index contributed by atoms with van der Waals surface area (Å²) in [5.41, 5.74) is 9.11. The Balaban J connectivity index is 2.08. The number of hydrazone groups is 1. The van der Waals surface area contributed by atoms with E-state index < -0.39 is 0 Å². The molecule has 0 heterocycles. The molecule has 4 N–H and O–H groups in total. The number of carbonyl (C=O) groups excluding carboxylic acids is 1. The van der Waals surface area contributed by atoms with E-state index in [4.69, 9.17) is 5.73 Å². The molecule has 0 saturated heterocycles. The van der Waals surface area contributed by atoms with E-state index in [-0.39, 0.29) is 17.4 Å². The maximum atomic E-state index is 12.0. The van der Waals surface area contributed by atoms with Crippen LogP contribution in [0.15, 0.2) is 47.6 Å². The van der Waals surface area contributed by atoms with E-state index in [0.717, 1.165) is 16.5 Å². The van der Waals surface area contributed by atoms with Crippen molar-refractivity contribution < 1.29 is 4.79 Å². The Labute approximate surface area is 128 Å². The number of nitrogens with zero attached hydrogens (tertiary/aromatic N) is 1. The van der Waals surface area contributed by atoms with E-state index in [9.17, 15) is 4.79 Å². The highest BCUT2D eigenvalue weighted by molar-refractivity contribution is 7.80. The molecule has 1 amide bonds. The third-order valence-electron chi connectivity index (χ3n) is 2.84. The van der Waals surface area contributed by atoms with Crippen LogP contribution >= 0.6 is 12.2 Å². The fourth-order valence-electron chi connectivity index (χ4n) is 1.95. The minimum Gasteiger partial charge on any atom is -0.375 e. The van der Waals surface area contributed by atoms with E-state index in [1.165, 1.54) is 0 Å². The Bertz CT molecular complexity index is 706. The van der Waals surface area contributed by atoms with E-state index in [1.54, 1.807) is 6.92 Å². The minimum atomic E-state index is -0.141. The van der Waals surface area contributed by atoms with Crippen LogP contribution in [-0.2, 0) is 4.79 Å². The van der Waals surface area contributed by atoms with Gasteiger partial charge in [-0.1, -0.05) is 36.4 Å². The van der Waals surface area contributed by atoms with Crippen LogP contribution < -0.4 is 16.5 Å². The van der Waals surface area contributed by atoms with E-state index in [0.29, 0.717) is 5.71 Å². The lowest BCUT2D eigenvalue weighted by atomic mass is 10.1. The first-order valence-electron chi connectivity index (χ1n) is 6.42. The second-order valence-electron chi connectivity index (χ2n) is 4.57. The zero-order chi connectivity index (χ0) is 15.2. The van der Waals surface area contributed by atoms with Crippen LogP contribution in [0.25, 0.3) is 10.8 Å². The van der Waals surface area contributed by atoms with Crippen molar-refractivity contribution in [3.8, 4) is 0 Å². The maximum Gasteiger partial charge on any atom is 0.230 e. The molecule has 2 aromatic carbocycles. The summed E-state index contributed by atoms with van der Waals surface area (Å²) in [6.45, 7) is 1.73. The third-order valence-corrected chi connectivity index (χ3v) is 2.93. The first-order chi connectivity index (χ1) is 10.1. The summed E-state index contributed by atoms with van der Waals surface area (Å²) < 4.78 is 0. The minimum absolute atomic E-state index is 0.0730. The van der Waals surface area contributed by atoms with Crippen LogP contribution in [0.1, 0.15) is 13.3 Å². The van der Waals surface area contributed by atoms with Crippen LogP contribution in [0.2, 0.25) is 0 Å². The van der Waals surface area contributed by atoms with Crippen molar-refractivity contribution >= 4 is 45.4 Å².